The standard InChI is InChI=1S/C22H21FN4O/c1-2-15-5-3-6-19(25-13-15)22-26-20-14-27(8-4-7-21(20)28-22)18-10-16(12-24)9-17(23)11-18/h3,5-6,9-11,13,15H,2,4,7-8,14H2,1H3. The van der Waals surface area contributed by atoms with E-state index in [-0.39, 0.29) is 0 Å². The van der Waals surface area contributed by atoms with Gasteiger partial charge in [-0.25, -0.2) is 9.37 Å². The van der Waals surface area contributed by atoms with Crippen LogP contribution >= 0.6 is 0 Å². The van der Waals surface area contributed by atoms with Crippen LogP contribution in [0.15, 0.2) is 45.8 Å². The molecule has 0 amide bonds. The van der Waals surface area contributed by atoms with Gasteiger partial charge in [0, 0.05) is 30.8 Å². The highest BCUT2D eigenvalue weighted by molar-refractivity contribution is 5.75. The number of aromatic nitrogens is 1. The van der Waals surface area contributed by atoms with E-state index in [0.29, 0.717) is 35.3 Å². The number of hydrogen-bond acceptors (Lipinski definition) is 5. The first-order valence-electron chi connectivity index (χ1n) is 9.53. The Hall–Kier alpha value is -3.20. The van der Waals surface area contributed by atoms with Crippen LogP contribution in [0.3, 0.4) is 0 Å². The molecule has 2 aliphatic rings. The Morgan fingerprint density at radius 1 is 1.36 bits per heavy atom. The first-order chi connectivity index (χ1) is 13.7. The number of halogens is 1. The van der Waals surface area contributed by atoms with E-state index in [1.54, 1.807) is 6.07 Å². The fourth-order valence-electron chi connectivity index (χ4n) is 3.47. The fourth-order valence-corrected chi connectivity index (χ4v) is 3.47. The van der Waals surface area contributed by atoms with Crippen molar-refractivity contribution in [1.82, 2.24) is 4.98 Å². The number of rotatable bonds is 3. The average molecular weight is 376 g/mol. The van der Waals surface area contributed by atoms with Crippen LogP contribution in [0.2, 0.25) is 0 Å². The molecule has 0 spiro atoms. The van der Waals surface area contributed by atoms with E-state index in [9.17, 15) is 4.39 Å². The molecule has 1 aromatic heterocycles. The van der Waals surface area contributed by atoms with Crippen LogP contribution in [0.5, 0.6) is 0 Å². The molecule has 0 fully saturated rings. The van der Waals surface area contributed by atoms with Gasteiger partial charge < -0.3 is 9.32 Å². The number of fused-ring (bicyclic) bond motifs is 1. The first kappa shape index (κ1) is 18.2. The quantitative estimate of drug-likeness (QED) is 0.782. The van der Waals surface area contributed by atoms with Crippen molar-refractivity contribution in [2.24, 2.45) is 10.9 Å². The lowest BCUT2D eigenvalue weighted by Gasteiger charge is -2.22. The summed E-state index contributed by atoms with van der Waals surface area (Å²) >= 11 is 0. The monoisotopic (exact) mass is 376 g/mol. The minimum atomic E-state index is -0.408. The molecule has 0 saturated heterocycles. The van der Waals surface area contributed by atoms with Crippen LogP contribution in [-0.4, -0.2) is 17.7 Å². The van der Waals surface area contributed by atoms with Crippen molar-refractivity contribution < 1.29 is 8.81 Å². The van der Waals surface area contributed by atoms with Crippen LogP contribution in [0, 0.1) is 23.1 Å². The molecular weight excluding hydrogens is 355 g/mol. The molecule has 28 heavy (non-hydrogen) atoms. The van der Waals surface area contributed by atoms with Gasteiger partial charge in [0.25, 0.3) is 0 Å². The maximum absolute atomic E-state index is 13.9. The number of anilines is 1. The molecule has 0 N–H and O–H groups in total. The lowest BCUT2D eigenvalue weighted by Crippen LogP contribution is -2.23. The summed E-state index contributed by atoms with van der Waals surface area (Å²) < 4.78 is 19.9. The largest absolute Gasteiger partial charge is 0.440 e. The summed E-state index contributed by atoms with van der Waals surface area (Å²) in [5.41, 5.74) is 2.56. The summed E-state index contributed by atoms with van der Waals surface area (Å²) in [4.78, 5) is 11.3. The third-order valence-electron chi connectivity index (χ3n) is 5.04. The fraction of sp³-hybridized carbons (Fsp3) is 0.318. The lowest BCUT2D eigenvalue weighted by atomic mass is 10.1. The smallest absolute Gasteiger partial charge is 0.245 e. The first-order valence-corrected chi connectivity index (χ1v) is 9.53. The second kappa shape index (κ2) is 7.81. The molecule has 0 radical (unpaired) electrons. The van der Waals surface area contributed by atoms with Crippen LogP contribution in [0.4, 0.5) is 10.1 Å². The molecule has 2 aromatic rings. The van der Waals surface area contributed by atoms with Crippen molar-refractivity contribution in [3.8, 4) is 6.07 Å². The molecular formula is C22H21FN4O. The molecule has 3 heterocycles. The molecule has 1 aromatic carbocycles. The predicted molar refractivity (Wildman–Crippen MR) is 106 cm³/mol. The highest BCUT2D eigenvalue weighted by Gasteiger charge is 2.22. The van der Waals surface area contributed by atoms with E-state index in [1.807, 2.05) is 29.3 Å². The zero-order valence-electron chi connectivity index (χ0n) is 15.7. The van der Waals surface area contributed by atoms with Gasteiger partial charge in [-0.15, -0.1) is 0 Å². The second-order valence-electron chi connectivity index (χ2n) is 7.01. The highest BCUT2D eigenvalue weighted by Crippen LogP contribution is 2.28. The van der Waals surface area contributed by atoms with Gasteiger partial charge in [0.15, 0.2) is 0 Å². The Morgan fingerprint density at radius 2 is 2.25 bits per heavy atom. The van der Waals surface area contributed by atoms with Crippen molar-refractivity contribution >= 4 is 17.6 Å². The molecule has 1 atom stereocenters. The van der Waals surface area contributed by atoms with Gasteiger partial charge in [0.2, 0.25) is 5.89 Å². The van der Waals surface area contributed by atoms with E-state index in [0.717, 1.165) is 37.3 Å². The van der Waals surface area contributed by atoms with Crippen LogP contribution < -0.4 is 4.90 Å². The van der Waals surface area contributed by atoms with Crippen LogP contribution in [0.25, 0.3) is 5.70 Å². The summed E-state index contributed by atoms with van der Waals surface area (Å²) in [5, 5.41) is 9.12. The van der Waals surface area contributed by atoms with Crippen molar-refractivity contribution in [3.05, 3.63) is 65.2 Å². The Bertz CT molecular complexity index is 1010. The molecule has 4 rings (SSSR count). The number of benzene rings is 1. The number of nitriles is 1. The zero-order valence-corrected chi connectivity index (χ0v) is 15.7. The number of hydrogen-bond donors (Lipinski definition) is 0. The number of allylic oxidation sites excluding steroid dienone is 3. The van der Waals surface area contributed by atoms with Crippen LogP contribution in [0.1, 0.15) is 42.7 Å². The van der Waals surface area contributed by atoms with E-state index >= 15 is 0 Å². The van der Waals surface area contributed by atoms with E-state index in [4.69, 9.17) is 9.68 Å². The van der Waals surface area contributed by atoms with Gasteiger partial charge in [-0.3, -0.25) is 4.99 Å². The van der Waals surface area contributed by atoms with Crippen molar-refractivity contribution in [3.63, 3.8) is 0 Å². The summed E-state index contributed by atoms with van der Waals surface area (Å²) in [6.07, 6.45) is 10.6. The summed E-state index contributed by atoms with van der Waals surface area (Å²) in [6.45, 7) is 3.38. The SMILES string of the molecule is CCC1C=CC=C(c2nc3c(o2)CCCN(c2cc(F)cc(C#N)c2)C3)N=C1. The maximum atomic E-state index is 13.9. The molecule has 0 aliphatic carbocycles. The number of nitrogens with zero attached hydrogens (tertiary/aromatic N) is 4. The topological polar surface area (TPSA) is 65.4 Å². The molecule has 0 saturated carbocycles. The van der Waals surface area contributed by atoms with Gasteiger partial charge in [0.05, 0.1) is 18.2 Å². The van der Waals surface area contributed by atoms with Crippen molar-refractivity contribution in [2.75, 3.05) is 11.4 Å². The normalized spacial score (nSPS) is 18.8. The average Bonchev–Trinajstić information content (AvgIpc) is 2.87. The second-order valence-corrected chi connectivity index (χ2v) is 7.01. The number of oxazole rings is 1. The third-order valence-corrected chi connectivity index (χ3v) is 5.04. The van der Waals surface area contributed by atoms with Gasteiger partial charge in [0.1, 0.15) is 23.0 Å². The Kier molecular flexibility index (Phi) is 5.07. The van der Waals surface area contributed by atoms with E-state index in [2.05, 4.69) is 23.0 Å². The van der Waals surface area contributed by atoms with Crippen molar-refractivity contribution in [1.29, 1.82) is 5.26 Å². The van der Waals surface area contributed by atoms with Gasteiger partial charge in [-0.2, -0.15) is 5.26 Å². The Balaban J connectivity index is 1.61. The highest BCUT2D eigenvalue weighted by atomic mass is 19.1. The molecule has 2 aliphatic heterocycles. The van der Waals surface area contributed by atoms with Gasteiger partial charge >= 0.3 is 0 Å². The number of aliphatic imine (C=N–C) groups is 1. The third kappa shape index (κ3) is 3.74. The van der Waals surface area contributed by atoms with E-state index in [1.165, 1.54) is 12.1 Å². The minimum absolute atomic E-state index is 0.315. The van der Waals surface area contributed by atoms with Crippen LogP contribution in [-0.2, 0) is 13.0 Å². The number of aryl methyl sites for hydroxylation is 1. The van der Waals surface area contributed by atoms with Crippen molar-refractivity contribution in [2.45, 2.75) is 32.7 Å². The minimum Gasteiger partial charge on any atom is -0.440 e. The molecule has 0 bridgehead atoms. The molecule has 1 unspecified atom stereocenters. The maximum Gasteiger partial charge on any atom is 0.245 e. The van der Waals surface area contributed by atoms with E-state index < -0.39 is 5.82 Å². The molecule has 6 heteroatoms. The molecule has 5 nitrogen and oxygen atoms in total. The molecule has 142 valence electrons. The van der Waals surface area contributed by atoms with Gasteiger partial charge in [-0.1, -0.05) is 19.1 Å². The summed E-state index contributed by atoms with van der Waals surface area (Å²) in [6, 6.07) is 6.43. The van der Waals surface area contributed by atoms with Gasteiger partial charge in [-0.05, 0) is 37.1 Å². The Morgan fingerprint density at radius 3 is 3.07 bits per heavy atom. The summed E-state index contributed by atoms with van der Waals surface area (Å²) in [7, 11) is 0. The zero-order chi connectivity index (χ0) is 19.5. The summed E-state index contributed by atoms with van der Waals surface area (Å²) in [5.74, 6) is 1.28. The Labute approximate surface area is 163 Å². The predicted octanol–water partition coefficient (Wildman–Crippen LogP) is 4.65. The lowest BCUT2D eigenvalue weighted by molar-refractivity contribution is 0.486.